The number of carbonyl (C=O) groups excluding carboxylic acids is 1. The summed E-state index contributed by atoms with van der Waals surface area (Å²) in [5.41, 5.74) is 3.28. The van der Waals surface area contributed by atoms with E-state index in [0.29, 0.717) is 55.7 Å². The van der Waals surface area contributed by atoms with Gasteiger partial charge in [0.2, 0.25) is 11.9 Å². The number of nitrogens with one attached hydrogen (secondary N) is 1. The molecular weight excluding hydrogens is 521 g/mol. The van der Waals surface area contributed by atoms with E-state index in [1.807, 2.05) is 34.1 Å². The molecular formula is C29H31ClFN5O3. The Hall–Kier alpha value is -3.56. The molecule has 2 fully saturated rings. The molecule has 1 aromatic heterocycles. The topological polar surface area (TPSA) is 98.7 Å². The lowest BCUT2D eigenvalue weighted by molar-refractivity contribution is -0.140. The van der Waals surface area contributed by atoms with Crippen molar-refractivity contribution in [1.82, 2.24) is 19.8 Å². The van der Waals surface area contributed by atoms with Crippen molar-refractivity contribution in [2.24, 2.45) is 5.92 Å². The van der Waals surface area contributed by atoms with Crippen LogP contribution in [0.1, 0.15) is 25.7 Å². The predicted molar refractivity (Wildman–Crippen MR) is 148 cm³/mol. The summed E-state index contributed by atoms with van der Waals surface area (Å²) in [5.74, 6) is -0.485. The van der Waals surface area contributed by atoms with Gasteiger partial charge in [-0.3, -0.25) is 14.5 Å². The lowest BCUT2D eigenvalue weighted by Crippen LogP contribution is -2.47. The van der Waals surface area contributed by atoms with E-state index in [9.17, 15) is 14.0 Å². The smallest absolute Gasteiger partial charge is 0.317 e. The summed E-state index contributed by atoms with van der Waals surface area (Å²) in [6, 6.07) is 14.3. The van der Waals surface area contributed by atoms with Gasteiger partial charge in [0.25, 0.3) is 0 Å². The Balaban J connectivity index is 1.18. The van der Waals surface area contributed by atoms with Gasteiger partial charge in [0, 0.05) is 30.6 Å². The Morgan fingerprint density at radius 1 is 0.974 bits per heavy atom. The van der Waals surface area contributed by atoms with Gasteiger partial charge in [0.1, 0.15) is 5.82 Å². The molecule has 2 aromatic carbocycles. The first kappa shape index (κ1) is 27.0. The standard InChI is InChI=1S/C29H31ClFN5O3/c30-25-17-32-29(34-27(25)22-3-1-2-21(16-22)19-4-6-23(31)7-5-19)33-24-10-14-36(15-11-24)28(39)20-8-12-35(13-9-20)18-26(37)38/h1-7,16-17,20,24H,8-15,18H2,(H,37,38)(H,32,33,34). The second-order valence-corrected chi connectivity index (χ2v) is 10.6. The van der Waals surface area contributed by atoms with Crippen LogP contribution < -0.4 is 5.32 Å². The Morgan fingerprint density at radius 3 is 2.36 bits per heavy atom. The third-order valence-electron chi connectivity index (χ3n) is 7.49. The minimum absolute atomic E-state index is 0.0339. The van der Waals surface area contributed by atoms with Crippen molar-refractivity contribution in [2.75, 3.05) is 38.0 Å². The highest BCUT2D eigenvalue weighted by atomic mass is 35.5. The molecule has 2 aliphatic rings. The number of anilines is 1. The average molecular weight is 552 g/mol. The molecule has 0 bridgehead atoms. The number of rotatable bonds is 7. The van der Waals surface area contributed by atoms with Crippen LogP contribution >= 0.6 is 11.6 Å². The van der Waals surface area contributed by atoms with Crippen LogP contribution in [0.15, 0.2) is 54.7 Å². The van der Waals surface area contributed by atoms with E-state index in [1.165, 1.54) is 12.1 Å². The van der Waals surface area contributed by atoms with Gasteiger partial charge < -0.3 is 15.3 Å². The van der Waals surface area contributed by atoms with Gasteiger partial charge in [-0.25, -0.2) is 14.4 Å². The fourth-order valence-corrected chi connectivity index (χ4v) is 5.54. The van der Waals surface area contributed by atoms with Gasteiger partial charge in [-0.1, -0.05) is 41.9 Å². The second kappa shape index (κ2) is 12.1. The van der Waals surface area contributed by atoms with E-state index >= 15 is 0 Å². The van der Waals surface area contributed by atoms with Crippen molar-refractivity contribution in [3.63, 3.8) is 0 Å². The summed E-state index contributed by atoms with van der Waals surface area (Å²) in [6.07, 6.45) is 4.56. The Labute approximate surface area is 231 Å². The first-order valence-electron chi connectivity index (χ1n) is 13.2. The van der Waals surface area contributed by atoms with Crippen LogP contribution in [-0.4, -0.2) is 75.5 Å². The number of nitrogens with zero attached hydrogens (tertiary/aromatic N) is 4. The minimum Gasteiger partial charge on any atom is -0.480 e. The average Bonchev–Trinajstić information content (AvgIpc) is 2.95. The van der Waals surface area contributed by atoms with Crippen LogP contribution in [0.4, 0.5) is 10.3 Å². The van der Waals surface area contributed by atoms with Gasteiger partial charge in [0.05, 0.1) is 23.5 Å². The van der Waals surface area contributed by atoms with Crippen molar-refractivity contribution in [2.45, 2.75) is 31.7 Å². The summed E-state index contributed by atoms with van der Waals surface area (Å²) < 4.78 is 13.4. The monoisotopic (exact) mass is 551 g/mol. The van der Waals surface area contributed by atoms with Crippen molar-refractivity contribution in [3.8, 4) is 22.4 Å². The highest BCUT2D eigenvalue weighted by Gasteiger charge is 2.31. The molecule has 5 rings (SSSR count). The number of piperidine rings is 2. The number of carboxylic acid groups (broad SMARTS) is 1. The highest BCUT2D eigenvalue weighted by Crippen LogP contribution is 2.31. The summed E-state index contributed by atoms with van der Waals surface area (Å²) >= 11 is 6.48. The normalized spacial score (nSPS) is 17.2. The fraction of sp³-hybridized carbons (Fsp3) is 0.379. The summed E-state index contributed by atoms with van der Waals surface area (Å²) in [4.78, 5) is 36.9. The van der Waals surface area contributed by atoms with Crippen molar-refractivity contribution in [3.05, 3.63) is 65.6 Å². The first-order chi connectivity index (χ1) is 18.9. The van der Waals surface area contributed by atoms with Crippen molar-refractivity contribution >= 4 is 29.4 Å². The third-order valence-corrected chi connectivity index (χ3v) is 7.77. The Morgan fingerprint density at radius 2 is 1.67 bits per heavy atom. The maximum Gasteiger partial charge on any atom is 0.317 e. The maximum absolute atomic E-state index is 13.4. The predicted octanol–water partition coefficient (Wildman–Crippen LogP) is 4.80. The molecule has 0 radical (unpaired) electrons. The lowest BCUT2D eigenvalue weighted by atomic mass is 9.94. The molecule has 1 amide bonds. The van der Waals surface area contributed by atoms with Gasteiger partial charge in [0.15, 0.2) is 0 Å². The molecule has 2 N–H and O–H groups in total. The molecule has 39 heavy (non-hydrogen) atoms. The first-order valence-corrected chi connectivity index (χ1v) is 13.6. The molecule has 8 nitrogen and oxygen atoms in total. The van der Waals surface area contributed by atoms with E-state index in [2.05, 4.69) is 10.3 Å². The molecule has 0 saturated carbocycles. The molecule has 3 heterocycles. The molecule has 0 aliphatic carbocycles. The molecule has 2 saturated heterocycles. The number of hydrogen-bond acceptors (Lipinski definition) is 6. The quantitative estimate of drug-likeness (QED) is 0.435. The largest absolute Gasteiger partial charge is 0.480 e. The van der Waals surface area contributed by atoms with Crippen LogP contribution in [0.5, 0.6) is 0 Å². The SMILES string of the molecule is O=C(O)CN1CCC(C(=O)N2CCC(Nc3ncc(Cl)c(-c4cccc(-c5ccc(F)cc5)c4)n3)CC2)CC1. The summed E-state index contributed by atoms with van der Waals surface area (Å²) in [6.45, 7) is 2.64. The summed E-state index contributed by atoms with van der Waals surface area (Å²) in [5, 5.41) is 12.8. The molecule has 0 spiro atoms. The van der Waals surface area contributed by atoms with E-state index in [0.717, 1.165) is 29.5 Å². The van der Waals surface area contributed by atoms with Gasteiger partial charge in [-0.15, -0.1) is 0 Å². The Bertz CT molecular complexity index is 1320. The van der Waals surface area contributed by atoms with Gasteiger partial charge in [-0.05, 0) is 68.1 Å². The number of carboxylic acids is 1. The molecule has 0 unspecified atom stereocenters. The molecule has 10 heteroatoms. The number of amides is 1. The van der Waals surface area contributed by atoms with Gasteiger partial charge >= 0.3 is 5.97 Å². The maximum atomic E-state index is 13.4. The van der Waals surface area contributed by atoms with Crippen LogP contribution in [0, 0.1) is 11.7 Å². The van der Waals surface area contributed by atoms with Crippen molar-refractivity contribution in [1.29, 1.82) is 0 Å². The number of halogens is 2. The number of aromatic nitrogens is 2. The van der Waals surface area contributed by atoms with Crippen LogP contribution in [0.2, 0.25) is 5.02 Å². The van der Waals surface area contributed by atoms with Crippen LogP contribution in [0.3, 0.4) is 0 Å². The van der Waals surface area contributed by atoms with E-state index in [1.54, 1.807) is 18.3 Å². The second-order valence-electron chi connectivity index (χ2n) is 10.2. The van der Waals surface area contributed by atoms with Gasteiger partial charge in [-0.2, -0.15) is 0 Å². The van der Waals surface area contributed by atoms with Crippen LogP contribution in [0.25, 0.3) is 22.4 Å². The molecule has 204 valence electrons. The third kappa shape index (κ3) is 6.72. The number of hydrogen-bond donors (Lipinski definition) is 2. The van der Waals surface area contributed by atoms with Crippen LogP contribution in [-0.2, 0) is 9.59 Å². The highest BCUT2D eigenvalue weighted by molar-refractivity contribution is 6.32. The number of aliphatic carboxylic acids is 1. The zero-order chi connectivity index (χ0) is 27.4. The van der Waals surface area contributed by atoms with E-state index < -0.39 is 5.97 Å². The zero-order valence-electron chi connectivity index (χ0n) is 21.5. The molecule has 2 aliphatic heterocycles. The molecule has 3 aromatic rings. The molecule has 0 atom stereocenters. The zero-order valence-corrected chi connectivity index (χ0v) is 22.3. The Kier molecular flexibility index (Phi) is 8.38. The van der Waals surface area contributed by atoms with E-state index in [4.69, 9.17) is 21.7 Å². The summed E-state index contributed by atoms with van der Waals surface area (Å²) in [7, 11) is 0. The number of carbonyl (C=O) groups is 2. The minimum atomic E-state index is -0.829. The number of benzene rings is 2. The van der Waals surface area contributed by atoms with E-state index in [-0.39, 0.29) is 30.2 Å². The fourth-order valence-electron chi connectivity index (χ4n) is 5.34. The number of likely N-dealkylation sites (tertiary alicyclic amines) is 2. The van der Waals surface area contributed by atoms with Crippen molar-refractivity contribution < 1.29 is 19.1 Å². The lowest BCUT2D eigenvalue weighted by Gasteiger charge is -2.37.